The summed E-state index contributed by atoms with van der Waals surface area (Å²) in [6, 6.07) is 6.26. The Balaban J connectivity index is 2.19. The molecule has 5 nitrogen and oxygen atoms in total. The molecule has 3 rings (SSSR count). The van der Waals surface area contributed by atoms with E-state index in [0.29, 0.717) is 5.78 Å². The van der Waals surface area contributed by atoms with Crippen molar-refractivity contribution in [2.45, 2.75) is 34.1 Å². The third-order valence-electron chi connectivity index (χ3n) is 3.94. The quantitative estimate of drug-likeness (QED) is 0.800. The van der Waals surface area contributed by atoms with Crippen LogP contribution in [-0.4, -0.2) is 19.6 Å². The molecule has 108 valence electrons. The van der Waals surface area contributed by atoms with Gasteiger partial charge in [-0.15, -0.1) is 0 Å². The van der Waals surface area contributed by atoms with Crippen LogP contribution in [-0.2, 0) is 6.42 Å². The molecule has 1 aromatic carbocycles. The second-order valence-corrected chi connectivity index (χ2v) is 5.22. The van der Waals surface area contributed by atoms with E-state index in [1.807, 2.05) is 6.92 Å². The first-order chi connectivity index (χ1) is 10.1. The van der Waals surface area contributed by atoms with Crippen molar-refractivity contribution in [2.24, 2.45) is 0 Å². The molecule has 21 heavy (non-hydrogen) atoms. The molecule has 0 amide bonds. The van der Waals surface area contributed by atoms with Crippen LogP contribution in [0.15, 0.2) is 24.5 Å². The van der Waals surface area contributed by atoms with Gasteiger partial charge in [-0.3, -0.25) is 0 Å². The van der Waals surface area contributed by atoms with E-state index >= 15 is 0 Å². The highest BCUT2D eigenvalue weighted by Crippen LogP contribution is 2.26. The summed E-state index contributed by atoms with van der Waals surface area (Å²) in [6.45, 7) is 8.38. The normalized spacial score (nSPS) is 11.0. The monoisotopic (exact) mass is 281 g/mol. The van der Waals surface area contributed by atoms with Crippen molar-refractivity contribution < 1.29 is 0 Å². The predicted molar refractivity (Wildman–Crippen MR) is 84.1 cm³/mol. The molecular formula is C16H19N5. The van der Waals surface area contributed by atoms with Crippen LogP contribution >= 0.6 is 0 Å². The minimum Gasteiger partial charge on any atom is -0.340 e. The van der Waals surface area contributed by atoms with E-state index in [9.17, 15) is 0 Å². The standard InChI is InChI=1S/C16H19N5/c1-5-13-12(4)19-16-17-9-18-21(16)15(13)20-14-8-6-7-10(2)11(14)3/h6-9,20H,5H2,1-4H3. The van der Waals surface area contributed by atoms with Gasteiger partial charge in [0.05, 0.1) is 0 Å². The molecule has 0 saturated carbocycles. The first-order valence-corrected chi connectivity index (χ1v) is 7.14. The van der Waals surface area contributed by atoms with Crippen LogP contribution in [0, 0.1) is 20.8 Å². The lowest BCUT2D eigenvalue weighted by Gasteiger charge is -2.16. The Morgan fingerprint density at radius 1 is 1.19 bits per heavy atom. The third kappa shape index (κ3) is 2.24. The summed E-state index contributed by atoms with van der Waals surface area (Å²) in [5.74, 6) is 1.57. The number of hydrogen-bond acceptors (Lipinski definition) is 4. The van der Waals surface area contributed by atoms with Gasteiger partial charge in [0.15, 0.2) is 0 Å². The summed E-state index contributed by atoms with van der Waals surface area (Å²) in [5.41, 5.74) is 5.74. The Morgan fingerprint density at radius 3 is 2.76 bits per heavy atom. The first kappa shape index (κ1) is 13.5. The summed E-state index contributed by atoms with van der Waals surface area (Å²) in [6.07, 6.45) is 2.43. The fourth-order valence-electron chi connectivity index (χ4n) is 2.55. The predicted octanol–water partition coefficient (Wildman–Crippen LogP) is 3.36. The van der Waals surface area contributed by atoms with Gasteiger partial charge in [0, 0.05) is 16.9 Å². The fourth-order valence-corrected chi connectivity index (χ4v) is 2.55. The number of hydrogen-bond donors (Lipinski definition) is 1. The lowest BCUT2D eigenvalue weighted by Crippen LogP contribution is -2.09. The minimum absolute atomic E-state index is 0.623. The molecule has 0 aliphatic heterocycles. The van der Waals surface area contributed by atoms with Crippen molar-refractivity contribution >= 4 is 17.3 Å². The zero-order valence-corrected chi connectivity index (χ0v) is 12.8. The van der Waals surface area contributed by atoms with Crippen LogP contribution < -0.4 is 5.32 Å². The van der Waals surface area contributed by atoms with Crippen LogP contribution in [0.4, 0.5) is 11.5 Å². The van der Waals surface area contributed by atoms with Gasteiger partial charge in [0.25, 0.3) is 5.78 Å². The number of fused-ring (bicyclic) bond motifs is 1. The molecule has 0 aliphatic rings. The average Bonchev–Trinajstić information content (AvgIpc) is 2.91. The van der Waals surface area contributed by atoms with Crippen LogP contribution in [0.2, 0.25) is 0 Å². The van der Waals surface area contributed by atoms with E-state index < -0.39 is 0 Å². The smallest absolute Gasteiger partial charge is 0.254 e. The molecule has 0 spiro atoms. The van der Waals surface area contributed by atoms with E-state index in [0.717, 1.165) is 29.2 Å². The van der Waals surface area contributed by atoms with Gasteiger partial charge in [-0.25, -0.2) is 4.98 Å². The maximum absolute atomic E-state index is 4.50. The summed E-state index contributed by atoms with van der Waals surface area (Å²) in [4.78, 5) is 8.70. The highest BCUT2D eigenvalue weighted by Gasteiger charge is 2.14. The third-order valence-corrected chi connectivity index (χ3v) is 3.94. The number of aryl methyl sites for hydroxylation is 2. The van der Waals surface area contributed by atoms with Crippen LogP contribution in [0.1, 0.15) is 29.3 Å². The second-order valence-electron chi connectivity index (χ2n) is 5.22. The molecule has 0 radical (unpaired) electrons. The molecule has 0 bridgehead atoms. The Bertz CT molecular complexity index is 804. The Kier molecular flexibility index (Phi) is 3.33. The van der Waals surface area contributed by atoms with E-state index in [-0.39, 0.29) is 0 Å². The lowest BCUT2D eigenvalue weighted by molar-refractivity contribution is 0.903. The molecule has 0 saturated heterocycles. The summed E-state index contributed by atoms with van der Waals surface area (Å²) >= 11 is 0. The summed E-state index contributed by atoms with van der Waals surface area (Å²) in [5, 5.41) is 7.82. The highest BCUT2D eigenvalue weighted by molar-refractivity contribution is 5.66. The lowest BCUT2D eigenvalue weighted by atomic mass is 10.1. The van der Waals surface area contributed by atoms with Crippen molar-refractivity contribution in [1.29, 1.82) is 0 Å². The number of aromatic nitrogens is 4. The van der Waals surface area contributed by atoms with Crippen molar-refractivity contribution in [3.8, 4) is 0 Å². The van der Waals surface area contributed by atoms with Crippen LogP contribution in [0.3, 0.4) is 0 Å². The molecule has 0 atom stereocenters. The number of anilines is 2. The van der Waals surface area contributed by atoms with Gasteiger partial charge in [-0.1, -0.05) is 19.1 Å². The summed E-state index contributed by atoms with van der Waals surface area (Å²) in [7, 11) is 0. The van der Waals surface area contributed by atoms with Gasteiger partial charge in [0.2, 0.25) is 0 Å². The minimum atomic E-state index is 0.623. The number of nitrogens with one attached hydrogen (secondary N) is 1. The van der Waals surface area contributed by atoms with Crippen LogP contribution in [0.25, 0.3) is 5.78 Å². The van der Waals surface area contributed by atoms with E-state index in [4.69, 9.17) is 0 Å². The Morgan fingerprint density at radius 2 is 2.00 bits per heavy atom. The summed E-state index contributed by atoms with van der Waals surface area (Å²) < 4.78 is 1.77. The SMILES string of the molecule is CCc1c(C)nc2ncnn2c1Nc1cccc(C)c1C. The van der Waals surface area contributed by atoms with E-state index in [1.165, 1.54) is 17.5 Å². The Hall–Kier alpha value is -2.43. The fraction of sp³-hybridized carbons (Fsp3) is 0.312. The van der Waals surface area contributed by atoms with Gasteiger partial charge < -0.3 is 5.32 Å². The topological polar surface area (TPSA) is 55.1 Å². The maximum atomic E-state index is 4.50. The number of benzene rings is 1. The molecular weight excluding hydrogens is 262 g/mol. The molecule has 1 N–H and O–H groups in total. The Labute approximate surface area is 124 Å². The van der Waals surface area contributed by atoms with Gasteiger partial charge in [-0.05, 0) is 44.4 Å². The van der Waals surface area contributed by atoms with Gasteiger partial charge in [-0.2, -0.15) is 14.6 Å². The highest BCUT2D eigenvalue weighted by atomic mass is 15.4. The van der Waals surface area contributed by atoms with Crippen molar-refractivity contribution in [3.63, 3.8) is 0 Å². The van der Waals surface area contributed by atoms with Gasteiger partial charge >= 0.3 is 0 Å². The first-order valence-electron chi connectivity index (χ1n) is 7.14. The largest absolute Gasteiger partial charge is 0.340 e. The average molecular weight is 281 g/mol. The van der Waals surface area contributed by atoms with Crippen molar-refractivity contribution in [1.82, 2.24) is 19.6 Å². The molecule has 0 fully saturated rings. The maximum Gasteiger partial charge on any atom is 0.254 e. The number of nitrogens with zero attached hydrogens (tertiary/aromatic N) is 4. The zero-order valence-electron chi connectivity index (χ0n) is 12.8. The molecule has 0 aliphatic carbocycles. The van der Waals surface area contributed by atoms with E-state index in [1.54, 1.807) is 4.52 Å². The molecule has 3 aromatic rings. The molecule has 0 unspecified atom stereocenters. The zero-order chi connectivity index (χ0) is 15.0. The molecule has 5 heteroatoms. The van der Waals surface area contributed by atoms with Gasteiger partial charge in [0.1, 0.15) is 12.1 Å². The second kappa shape index (κ2) is 5.16. The number of rotatable bonds is 3. The molecule has 2 heterocycles. The van der Waals surface area contributed by atoms with E-state index in [2.05, 4.69) is 59.4 Å². The van der Waals surface area contributed by atoms with Crippen molar-refractivity contribution in [2.75, 3.05) is 5.32 Å². The van der Waals surface area contributed by atoms with Crippen molar-refractivity contribution in [3.05, 3.63) is 46.9 Å². The van der Waals surface area contributed by atoms with Crippen LogP contribution in [0.5, 0.6) is 0 Å². The molecule has 2 aromatic heterocycles.